The van der Waals surface area contributed by atoms with E-state index in [1.165, 1.54) is 0 Å². The molecule has 7 nitrogen and oxygen atoms in total. The Labute approximate surface area is 133 Å². The van der Waals surface area contributed by atoms with Crippen molar-refractivity contribution in [2.75, 3.05) is 38.3 Å². The number of hydrogen-bond donors (Lipinski definition) is 1. The second-order valence-corrected chi connectivity index (χ2v) is 5.35. The monoisotopic (exact) mass is 311 g/mol. The zero-order valence-electron chi connectivity index (χ0n) is 12.8. The largest absolute Gasteiger partial charge is 0.481 e. The quantitative estimate of drug-likeness (QED) is 0.796. The second kappa shape index (κ2) is 5.85. The summed E-state index contributed by atoms with van der Waals surface area (Å²) >= 11 is 0. The number of aromatic nitrogens is 4. The van der Waals surface area contributed by atoms with Gasteiger partial charge in [0.25, 0.3) is 0 Å². The molecular weight excluding hydrogens is 294 g/mol. The van der Waals surface area contributed by atoms with E-state index < -0.39 is 0 Å². The second-order valence-electron chi connectivity index (χ2n) is 5.35. The molecule has 118 valence electrons. The average molecular weight is 311 g/mol. The number of aromatic amines is 1. The number of morpholine rings is 1. The van der Waals surface area contributed by atoms with Crippen LogP contribution in [-0.2, 0) is 4.74 Å². The van der Waals surface area contributed by atoms with Crippen LogP contribution in [-0.4, -0.2) is 53.6 Å². The highest BCUT2D eigenvalue weighted by Gasteiger charge is 2.15. The lowest BCUT2D eigenvalue weighted by atomic mass is 10.1. The molecule has 3 aromatic heterocycles. The van der Waals surface area contributed by atoms with Crippen molar-refractivity contribution >= 4 is 16.7 Å². The van der Waals surface area contributed by atoms with Crippen molar-refractivity contribution in [2.24, 2.45) is 0 Å². The minimum Gasteiger partial charge on any atom is -0.481 e. The lowest BCUT2D eigenvalue weighted by molar-refractivity contribution is 0.122. The van der Waals surface area contributed by atoms with Gasteiger partial charge in [0.1, 0.15) is 11.5 Å². The standard InChI is InChI=1S/C16H17N5O2/c1-22-15-9-12-13(10-18-15)19-20-16(12)11-2-3-17-14(8-11)21-4-6-23-7-5-21/h2-3,8-10H,4-7H2,1H3,(H,19,20). The van der Waals surface area contributed by atoms with Crippen LogP contribution in [0.1, 0.15) is 0 Å². The van der Waals surface area contributed by atoms with Gasteiger partial charge in [0.2, 0.25) is 5.88 Å². The summed E-state index contributed by atoms with van der Waals surface area (Å²) in [6, 6.07) is 5.92. The Morgan fingerprint density at radius 1 is 1.22 bits per heavy atom. The van der Waals surface area contributed by atoms with E-state index in [1.54, 1.807) is 13.3 Å². The van der Waals surface area contributed by atoms with E-state index in [0.717, 1.165) is 54.3 Å². The number of anilines is 1. The molecule has 0 saturated carbocycles. The fraction of sp³-hybridized carbons (Fsp3) is 0.312. The third kappa shape index (κ3) is 2.59. The zero-order chi connectivity index (χ0) is 15.6. The van der Waals surface area contributed by atoms with Crippen LogP contribution >= 0.6 is 0 Å². The molecule has 4 heterocycles. The van der Waals surface area contributed by atoms with Crippen molar-refractivity contribution < 1.29 is 9.47 Å². The number of H-pyrrole nitrogens is 1. The minimum atomic E-state index is 0.572. The van der Waals surface area contributed by atoms with E-state index in [0.29, 0.717) is 5.88 Å². The molecular formula is C16H17N5O2. The first-order valence-corrected chi connectivity index (χ1v) is 7.52. The summed E-state index contributed by atoms with van der Waals surface area (Å²) in [5.74, 6) is 1.52. The number of nitrogens with zero attached hydrogens (tertiary/aromatic N) is 4. The smallest absolute Gasteiger partial charge is 0.213 e. The topological polar surface area (TPSA) is 76.2 Å². The molecule has 1 fully saturated rings. The molecule has 1 aliphatic rings. The molecule has 1 aliphatic heterocycles. The molecule has 0 atom stereocenters. The number of fused-ring (bicyclic) bond motifs is 1. The Bertz CT molecular complexity index is 826. The van der Waals surface area contributed by atoms with Crippen LogP contribution < -0.4 is 9.64 Å². The summed E-state index contributed by atoms with van der Waals surface area (Å²) in [6.45, 7) is 3.19. The van der Waals surface area contributed by atoms with Gasteiger partial charge in [0.05, 0.1) is 32.0 Å². The molecule has 7 heteroatoms. The van der Waals surface area contributed by atoms with E-state index in [-0.39, 0.29) is 0 Å². The molecule has 0 aromatic carbocycles. The maximum absolute atomic E-state index is 5.40. The van der Waals surface area contributed by atoms with Gasteiger partial charge in [-0.15, -0.1) is 0 Å². The van der Waals surface area contributed by atoms with Crippen molar-refractivity contribution in [3.63, 3.8) is 0 Å². The molecule has 0 amide bonds. The third-order valence-electron chi connectivity index (χ3n) is 3.99. The number of hydrogen-bond acceptors (Lipinski definition) is 6. The molecule has 1 N–H and O–H groups in total. The number of nitrogens with one attached hydrogen (secondary N) is 1. The average Bonchev–Trinajstić information content (AvgIpc) is 3.05. The summed E-state index contributed by atoms with van der Waals surface area (Å²) in [6.07, 6.45) is 3.55. The lowest BCUT2D eigenvalue weighted by Gasteiger charge is -2.27. The zero-order valence-corrected chi connectivity index (χ0v) is 12.8. The van der Waals surface area contributed by atoms with E-state index in [4.69, 9.17) is 9.47 Å². The van der Waals surface area contributed by atoms with E-state index in [1.807, 2.05) is 18.3 Å². The molecule has 23 heavy (non-hydrogen) atoms. The molecule has 1 saturated heterocycles. The lowest BCUT2D eigenvalue weighted by Crippen LogP contribution is -2.36. The number of pyridine rings is 2. The summed E-state index contributed by atoms with van der Waals surface area (Å²) in [5, 5.41) is 8.43. The van der Waals surface area contributed by atoms with Gasteiger partial charge >= 0.3 is 0 Å². The Kier molecular flexibility index (Phi) is 3.55. The van der Waals surface area contributed by atoms with Crippen molar-refractivity contribution in [3.8, 4) is 17.1 Å². The summed E-state index contributed by atoms with van der Waals surface area (Å²) in [5.41, 5.74) is 2.77. The predicted molar refractivity (Wildman–Crippen MR) is 86.7 cm³/mol. The Balaban J connectivity index is 1.75. The molecule has 4 rings (SSSR count). The normalized spacial score (nSPS) is 15.1. The van der Waals surface area contributed by atoms with E-state index in [9.17, 15) is 0 Å². The van der Waals surface area contributed by atoms with Crippen LogP contribution in [0.4, 0.5) is 5.82 Å². The molecule has 0 spiro atoms. The van der Waals surface area contributed by atoms with Gasteiger partial charge in [0, 0.05) is 36.3 Å². The number of rotatable bonds is 3. The van der Waals surface area contributed by atoms with Crippen LogP contribution in [0.5, 0.6) is 5.88 Å². The highest BCUT2D eigenvalue weighted by Crippen LogP contribution is 2.29. The van der Waals surface area contributed by atoms with Crippen LogP contribution in [0.2, 0.25) is 0 Å². The van der Waals surface area contributed by atoms with Crippen molar-refractivity contribution in [1.82, 2.24) is 20.2 Å². The van der Waals surface area contributed by atoms with Crippen molar-refractivity contribution in [1.29, 1.82) is 0 Å². The summed E-state index contributed by atoms with van der Waals surface area (Å²) < 4.78 is 10.6. The number of methoxy groups -OCH3 is 1. The number of ether oxygens (including phenoxy) is 2. The molecule has 3 aromatic rings. The van der Waals surface area contributed by atoms with Crippen LogP contribution in [0.3, 0.4) is 0 Å². The van der Waals surface area contributed by atoms with Gasteiger partial charge in [-0.3, -0.25) is 5.10 Å². The first-order chi connectivity index (χ1) is 11.3. The first kappa shape index (κ1) is 14.0. The Morgan fingerprint density at radius 2 is 2.09 bits per heavy atom. The summed E-state index contributed by atoms with van der Waals surface area (Å²) in [4.78, 5) is 10.9. The van der Waals surface area contributed by atoms with Crippen LogP contribution in [0, 0.1) is 0 Å². The minimum absolute atomic E-state index is 0.572. The van der Waals surface area contributed by atoms with E-state index >= 15 is 0 Å². The maximum Gasteiger partial charge on any atom is 0.213 e. The fourth-order valence-electron chi connectivity index (χ4n) is 2.76. The van der Waals surface area contributed by atoms with Gasteiger partial charge < -0.3 is 14.4 Å². The fourth-order valence-corrected chi connectivity index (χ4v) is 2.76. The van der Waals surface area contributed by atoms with Gasteiger partial charge in [-0.05, 0) is 12.1 Å². The molecule has 0 aliphatic carbocycles. The maximum atomic E-state index is 5.40. The molecule has 0 bridgehead atoms. The van der Waals surface area contributed by atoms with Crippen LogP contribution in [0.25, 0.3) is 22.2 Å². The highest BCUT2D eigenvalue weighted by molar-refractivity contribution is 5.93. The van der Waals surface area contributed by atoms with Gasteiger partial charge in [-0.1, -0.05) is 0 Å². The Hall–Kier alpha value is -2.67. The van der Waals surface area contributed by atoms with Gasteiger partial charge in [-0.2, -0.15) is 5.10 Å². The van der Waals surface area contributed by atoms with E-state index in [2.05, 4.69) is 31.1 Å². The molecule has 0 radical (unpaired) electrons. The first-order valence-electron chi connectivity index (χ1n) is 7.52. The summed E-state index contributed by atoms with van der Waals surface area (Å²) in [7, 11) is 1.61. The van der Waals surface area contributed by atoms with Crippen LogP contribution in [0.15, 0.2) is 30.6 Å². The van der Waals surface area contributed by atoms with Gasteiger partial charge in [-0.25, -0.2) is 9.97 Å². The Morgan fingerprint density at radius 3 is 2.91 bits per heavy atom. The highest BCUT2D eigenvalue weighted by atomic mass is 16.5. The van der Waals surface area contributed by atoms with Crippen molar-refractivity contribution in [2.45, 2.75) is 0 Å². The molecule has 0 unspecified atom stereocenters. The predicted octanol–water partition coefficient (Wildman–Crippen LogP) is 1.87. The van der Waals surface area contributed by atoms with Gasteiger partial charge in [0.15, 0.2) is 0 Å². The van der Waals surface area contributed by atoms with Crippen molar-refractivity contribution in [3.05, 3.63) is 30.6 Å². The third-order valence-corrected chi connectivity index (χ3v) is 3.99. The SMILES string of the molecule is COc1cc2c(-c3ccnc(N4CCOCC4)c3)n[nH]c2cn1.